The minimum Gasteiger partial charge on any atom is -0.449 e. The van der Waals surface area contributed by atoms with Gasteiger partial charge in [0.2, 0.25) is 5.91 Å². The quantitative estimate of drug-likeness (QED) is 0.789. The highest BCUT2D eigenvalue weighted by atomic mass is 19.4. The van der Waals surface area contributed by atoms with Crippen molar-refractivity contribution in [2.75, 3.05) is 11.4 Å². The van der Waals surface area contributed by atoms with E-state index in [4.69, 9.17) is 0 Å². The van der Waals surface area contributed by atoms with E-state index in [0.29, 0.717) is 18.7 Å². The maximum atomic E-state index is 12.4. The molecule has 21 heavy (non-hydrogen) atoms. The zero-order valence-corrected chi connectivity index (χ0v) is 11.5. The number of anilines is 1. The lowest BCUT2D eigenvalue weighted by atomic mass is 10.1. The van der Waals surface area contributed by atoms with Crippen LogP contribution in [-0.4, -0.2) is 30.7 Å². The first-order valence-electron chi connectivity index (χ1n) is 6.39. The Morgan fingerprint density at radius 1 is 1.33 bits per heavy atom. The van der Waals surface area contributed by atoms with E-state index in [1.165, 1.54) is 19.1 Å². The summed E-state index contributed by atoms with van der Waals surface area (Å²) in [6, 6.07) is 4.40. The van der Waals surface area contributed by atoms with E-state index < -0.39 is 18.2 Å². The number of fused-ring (bicyclic) bond motifs is 1. The minimum atomic E-state index is -4.59. The molecule has 0 radical (unpaired) electrons. The number of hydrogen-bond donors (Lipinski definition) is 0. The number of amides is 1. The summed E-state index contributed by atoms with van der Waals surface area (Å²) in [4.78, 5) is 24.7. The Balaban J connectivity index is 2.17. The molecule has 0 saturated heterocycles. The third-order valence-electron chi connectivity index (χ3n) is 3.34. The SMILES string of the molecule is CC(=O)N1CCc2cc(C(=O)O[C@H](C)C(F)(F)F)ccc21. The lowest BCUT2D eigenvalue weighted by Gasteiger charge is -2.17. The third kappa shape index (κ3) is 3.17. The van der Waals surface area contributed by atoms with E-state index in [-0.39, 0.29) is 11.5 Å². The van der Waals surface area contributed by atoms with Gasteiger partial charge in [0.15, 0.2) is 6.10 Å². The van der Waals surface area contributed by atoms with E-state index in [1.54, 1.807) is 11.0 Å². The summed E-state index contributed by atoms with van der Waals surface area (Å²) in [5, 5.41) is 0. The number of benzene rings is 1. The van der Waals surface area contributed by atoms with Gasteiger partial charge >= 0.3 is 12.1 Å². The Morgan fingerprint density at radius 3 is 2.57 bits per heavy atom. The number of esters is 1. The first-order chi connectivity index (χ1) is 9.70. The second-order valence-electron chi connectivity index (χ2n) is 4.85. The van der Waals surface area contributed by atoms with Gasteiger partial charge in [0.05, 0.1) is 5.56 Å². The molecule has 0 fully saturated rings. The van der Waals surface area contributed by atoms with Crippen molar-refractivity contribution in [3.8, 4) is 0 Å². The van der Waals surface area contributed by atoms with E-state index in [9.17, 15) is 22.8 Å². The number of halogens is 3. The summed E-state index contributed by atoms with van der Waals surface area (Å²) < 4.78 is 41.5. The largest absolute Gasteiger partial charge is 0.449 e. The Labute approximate surface area is 119 Å². The van der Waals surface area contributed by atoms with Gasteiger partial charge in [-0.2, -0.15) is 13.2 Å². The molecule has 1 amide bonds. The van der Waals surface area contributed by atoms with Crippen LogP contribution < -0.4 is 4.90 Å². The zero-order chi connectivity index (χ0) is 15.8. The number of ether oxygens (including phenoxy) is 1. The smallest absolute Gasteiger partial charge is 0.425 e. The molecule has 0 bridgehead atoms. The van der Waals surface area contributed by atoms with Crippen molar-refractivity contribution in [1.29, 1.82) is 0 Å². The van der Waals surface area contributed by atoms with Crippen LogP contribution in [0.3, 0.4) is 0 Å². The molecule has 0 saturated carbocycles. The average molecular weight is 301 g/mol. The van der Waals surface area contributed by atoms with Crippen molar-refractivity contribution >= 4 is 17.6 Å². The standard InChI is InChI=1S/C14H14F3NO3/c1-8(14(15,16)17)21-13(20)11-3-4-12-10(7-11)5-6-18(12)9(2)19/h3-4,7-8H,5-6H2,1-2H3/t8-/m1/s1. The van der Waals surface area contributed by atoms with E-state index in [2.05, 4.69) is 4.74 Å². The number of rotatable bonds is 2. The van der Waals surface area contributed by atoms with Crippen LogP contribution in [0.5, 0.6) is 0 Å². The van der Waals surface area contributed by atoms with Crippen LogP contribution in [0, 0.1) is 0 Å². The van der Waals surface area contributed by atoms with Gasteiger partial charge in [0.1, 0.15) is 0 Å². The van der Waals surface area contributed by atoms with Crippen molar-refractivity contribution in [2.24, 2.45) is 0 Å². The van der Waals surface area contributed by atoms with Crippen molar-refractivity contribution in [3.63, 3.8) is 0 Å². The summed E-state index contributed by atoms with van der Waals surface area (Å²) in [6.45, 7) is 2.72. The monoisotopic (exact) mass is 301 g/mol. The first kappa shape index (κ1) is 15.3. The zero-order valence-electron chi connectivity index (χ0n) is 11.5. The third-order valence-corrected chi connectivity index (χ3v) is 3.34. The molecule has 7 heteroatoms. The van der Waals surface area contributed by atoms with Crippen LogP contribution in [0.4, 0.5) is 18.9 Å². The molecule has 0 aromatic heterocycles. The Morgan fingerprint density at radius 2 is 2.00 bits per heavy atom. The van der Waals surface area contributed by atoms with Crippen LogP contribution >= 0.6 is 0 Å². The highest BCUT2D eigenvalue weighted by Gasteiger charge is 2.39. The number of hydrogen-bond acceptors (Lipinski definition) is 3. The van der Waals surface area contributed by atoms with Crippen LogP contribution in [0.2, 0.25) is 0 Å². The maximum absolute atomic E-state index is 12.4. The average Bonchev–Trinajstić information content (AvgIpc) is 2.80. The summed E-state index contributed by atoms with van der Waals surface area (Å²) in [5.41, 5.74) is 1.48. The predicted molar refractivity (Wildman–Crippen MR) is 69.1 cm³/mol. The van der Waals surface area contributed by atoms with Crippen LogP contribution in [0.15, 0.2) is 18.2 Å². The van der Waals surface area contributed by atoms with Crippen molar-refractivity contribution in [2.45, 2.75) is 32.5 Å². The molecule has 1 atom stereocenters. The molecule has 114 valence electrons. The fourth-order valence-corrected chi connectivity index (χ4v) is 2.15. The number of alkyl halides is 3. The molecule has 1 heterocycles. The molecular formula is C14H14F3NO3. The van der Waals surface area contributed by atoms with Gasteiger partial charge in [-0.1, -0.05) is 0 Å². The number of nitrogens with zero attached hydrogens (tertiary/aromatic N) is 1. The number of carbonyl (C=O) groups is 2. The van der Waals surface area contributed by atoms with Gasteiger partial charge in [0, 0.05) is 19.2 Å². The van der Waals surface area contributed by atoms with Gasteiger partial charge in [-0.25, -0.2) is 4.79 Å². The molecule has 1 aliphatic heterocycles. The molecule has 1 aliphatic rings. The second-order valence-corrected chi connectivity index (χ2v) is 4.85. The normalized spacial score (nSPS) is 15.6. The van der Waals surface area contributed by atoms with Crippen LogP contribution in [0.1, 0.15) is 29.8 Å². The van der Waals surface area contributed by atoms with Gasteiger partial charge in [0.25, 0.3) is 0 Å². The Kier molecular flexibility index (Phi) is 3.93. The van der Waals surface area contributed by atoms with Crippen molar-refractivity contribution in [3.05, 3.63) is 29.3 Å². The van der Waals surface area contributed by atoms with Gasteiger partial charge in [-0.15, -0.1) is 0 Å². The summed E-state index contributed by atoms with van der Waals surface area (Å²) >= 11 is 0. The van der Waals surface area contributed by atoms with E-state index in [0.717, 1.165) is 12.5 Å². The van der Waals surface area contributed by atoms with Gasteiger partial charge in [-0.05, 0) is 37.1 Å². The van der Waals surface area contributed by atoms with Crippen LogP contribution in [-0.2, 0) is 16.0 Å². The molecule has 2 rings (SSSR count). The molecule has 0 unspecified atom stereocenters. The predicted octanol–water partition coefficient (Wildman–Crippen LogP) is 2.70. The Hall–Kier alpha value is -2.05. The van der Waals surface area contributed by atoms with Crippen LogP contribution in [0.25, 0.3) is 0 Å². The van der Waals surface area contributed by atoms with E-state index >= 15 is 0 Å². The number of carbonyl (C=O) groups excluding carboxylic acids is 2. The molecule has 0 aliphatic carbocycles. The van der Waals surface area contributed by atoms with E-state index in [1.807, 2.05) is 0 Å². The van der Waals surface area contributed by atoms with Gasteiger partial charge in [-0.3, -0.25) is 4.79 Å². The summed E-state index contributed by atoms with van der Waals surface area (Å²) in [6.07, 6.45) is -6.19. The highest BCUT2D eigenvalue weighted by molar-refractivity contribution is 5.96. The molecule has 4 nitrogen and oxygen atoms in total. The maximum Gasteiger partial charge on any atom is 0.425 e. The van der Waals surface area contributed by atoms with Crippen molar-refractivity contribution < 1.29 is 27.5 Å². The Bertz CT molecular complexity index is 583. The molecule has 0 spiro atoms. The lowest BCUT2D eigenvalue weighted by Crippen LogP contribution is -2.30. The molecule has 0 N–H and O–H groups in total. The first-order valence-corrected chi connectivity index (χ1v) is 6.39. The molecule has 1 aromatic rings. The lowest BCUT2D eigenvalue weighted by molar-refractivity contribution is -0.198. The highest BCUT2D eigenvalue weighted by Crippen LogP contribution is 2.30. The fraction of sp³-hybridized carbons (Fsp3) is 0.429. The van der Waals surface area contributed by atoms with Crippen molar-refractivity contribution in [1.82, 2.24) is 0 Å². The van der Waals surface area contributed by atoms with Gasteiger partial charge < -0.3 is 9.64 Å². The summed E-state index contributed by atoms with van der Waals surface area (Å²) in [5.74, 6) is -1.14. The molecule has 1 aromatic carbocycles. The topological polar surface area (TPSA) is 46.6 Å². The molecular weight excluding hydrogens is 287 g/mol. The minimum absolute atomic E-state index is 0.0512. The fourth-order valence-electron chi connectivity index (χ4n) is 2.15. The summed E-state index contributed by atoms with van der Waals surface area (Å²) in [7, 11) is 0. The second kappa shape index (κ2) is 5.38.